The molecule has 3 N–H and O–H groups in total. The van der Waals surface area contributed by atoms with E-state index in [9.17, 15) is 10.2 Å². The highest BCUT2D eigenvalue weighted by molar-refractivity contribution is 5.43. The number of aliphatic hydroxyl groups is 2. The minimum Gasteiger partial charge on any atom is -0.493 e. The van der Waals surface area contributed by atoms with E-state index in [0.717, 1.165) is 5.56 Å². The summed E-state index contributed by atoms with van der Waals surface area (Å²) in [6.07, 6.45) is 10.2. The highest BCUT2D eigenvalue weighted by Gasteiger charge is 2.23. The number of likely N-dealkylation sites (N-methyl/N-ethyl adjacent to an activating group) is 1. The maximum Gasteiger partial charge on any atom is 0.161 e. The van der Waals surface area contributed by atoms with Gasteiger partial charge in [0.2, 0.25) is 0 Å². The van der Waals surface area contributed by atoms with E-state index in [4.69, 9.17) is 9.47 Å². The maximum atomic E-state index is 10.6. The Morgan fingerprint density at radius 1 is 1.19 bits per heavy atom. The summed E-state index contributed by atoms with van der Waals surface area (Å²) in [4.78, 5) is 2.26. The van der Waals surface area contributed by atoms with Gasteiger partial charge in [0, 0.05) is 25.7 Å². The molecule has 0 spiro atoms. The van der Waals surface area contributed by atoms with E-state index in [1.807, 2.05) is 18.2 Å². The van der Waals surface area contributed by atoms with Gasteiger partial charge in [-0.05, 0) is 50.4 Å². The second-order valence-corrected chi connectivity index (χ2v) is 8.99. The average Bonchev–Trinajstić information content (AvgIpc) is 2.79. The number of benzene rings is 1. The first-order valence-corrected chi connectivity index (χ1v) is 11.7. The van der Waals surface area contributed by atoms with E-state index in [0.29, 0.717) is 50.0 Å². The SMILES string of the molecule is C=CCC(O)(CC=C)CNCc1ccc(OCC(O)CN(C)C2CCCCC2)c(OC)c1. The van der Waals surface area contributed by atoms with E-state index in [2.05, 4.69) is 30.4 Å². The van der Waals surface area contributed by atoms with Gasteiger partial charge < -0.3 is 29.9 Å². The van der Waals surface area contributed by atoms with Crippen molar-refractivity contribution in [3.05, 3.63) is 49.1 Å². The van der Waals surface area contributed by atoms with Crippen molar-refractivity contribution in [2.24, 2.45) is 0 Å². The first-order chi connectivity index (χ1) is 15.4. The minimum absolute atomic E-state index is 0.223. The largest absolute Gasteiger partial charge is 0.493 e. The Kier molecular flexibility index (Phi) is 11.2. The van der Waals surface area contributed by atoms with Crippen LogP contribution < -0.4 is 14.8 Å². The third-order valence-corrected chi connectivity index (χ3v) is 6.19. The van der Waals surface area contributed by atoms with Crippen LogP contribution in [0.3, 0.4) is 0 Å². The van der Waals surface area contributed by atoms with Gasteiger partial charge in [0.05, 0.1) is 12.7 Å². The lowest BCUT2D eigenvalue weighted by atomic mass is 9.94. The van der Waals surface area contributed by atoms with Crippen molar-refractivity contribution in [3.63, 3.8) is 0 Å². The Hall–Kier alpha value is -1.86. The fraction of sp³-hybridized carbons (Fsp3) is 0.615. The number of nitrogens with zero attached hydrogens (tertiary/aromatic N) is 1. The minimum atomic E-state index is -0.877. The van der Waals surface area contributed by atoms with Crippen LogP contribution in [0, 0.1) is 0 Å². The molecule has 0 radical (unpaired) electrons. The van der Waals surface area contributed by atoms with Crippen LogP contribution in [0.15, 0.2) is 43.5 Å². The van der Waals surface area contributed by atoms with Crippen molar-refractivity contribution < 1.29 is 19.7 Å². The summed E-state index contributed by atoms with van der Waals surface area (Å²) in [5.41, 5.74) is 0.142. The smallest absolute Gasteiger partial charge is 0.161 e. The molecule has 1 aliphatic carbocycles. The van der Waals surface area contributed by atoms with Crippen LogP contribution in [0.25, 0.3) is 0 Å². The molecule has 0 aromatic heterocycles. The van der Waals surface area contributed by atoms with Gasteiger partial charge in [0.15, 0.2) is 11.5 Å². The molecular formula is C26H42N2O4. The van der Waals surface area contributed by atoms with Crippen molar-refractivity contribution in [2.75, 3.05) is 33.9 Å². The number of nitrogens with one attached hydrogen (secondary N) is 1. The zero-order valence-corrected chi connectivity index (χ0v) is 19.9. The van der Waals surface area contributed by atoms with Gasteiger partial charge in [-0.15, -0.1) is 13.2 Å². The zero-order chi connectivity index (χ0) is 23.4. The highest BCUT2D eigenvalue weighted by Crippen LogP contribution is 2.28. The summed E-state index contributed by atoms with van der Waals surface area (Å²) < 4.78 is 11.4. The molecule has 0 bridgehead atoms. The summed E-state index contributed by atoms with van der Waals surface area (Å²) in [6.45, 7) is 9.30. The first kappa shape index (κ1) is 26.4. The lowest BCUT2D eigenvalue weighted by Crippen LogP contribution is -2.40. The number of rotatable bonds is 15. The van der Waals surface area contributed by atoms with Gasteiger partial charge in [-0.3, -0.25) is 0 Å². The summed E-state index contributed by atoms with van der Waals surface area (Å²) in [7, 11) is 3.70. The molecule has 2 rings (SSSR count). The van der Waals surface area contributed by atoms with Crippen molar-refractivity contribution in [2.45, 2.75) is 69.2 Å². The van der Waals surface area contributed by atoms with Gasteiger partial charge in [-0.25, -0.2) is 0 Å². The molecule has 0 heterocycles. The van der Waals surface area contributed by atoms with Gasteiger partial charge in [0.1, 0.15) is 12.7 Å². The Morgan fingerprint density at radius 2 is 1.88 bits per heavy atom. The van der Waals surface area contributed by atoms with Crippen LogP contribution in [0.2, 0.25) is 0 Å². The van der Waals surface area contributed by atoms with E-state index >= 15 is 0 Å². The predicted molar refractivity (Wildman–Crippen MR) is 130 cm³/mol. The lowest BCUT2D eigenvalue weighted by Gasteiger charge is -2.32. The lowest BCUT2D eigenvalue weighted by molar-refractivity contribution is 0.0461. The fourth-order valence-corrected chi connectivity index (χ4v) is 4.39. The van der Waals surface area contributed by atoms with Crippen molar-refractivity contribution in [3.8, 4) is 11.5 Å². The third-order valence-electron chi connectivity index (χ3n) is 6.19. The Morgan fingerprint density at radius 3 is 2.50 bits per heavy atom. The van der Waals surface area contributed by atoms with Crippen molar-refractivity contribution in [1.29, 1.82) is 0 Å². The molecule has 6 heteroatoms. The van der Waals surface area contributed by atoms with Gasteiger partial charge in [0.25, 0.3) is 0 Å². The van der Waals surface area contributed by atoms with Crippen LogP contribution in [0.5, 0.6) is 11.5 Å². The molecule has 1 saturated carbocycles. The maximum absolute atomic E-state index is 10.6. The fourth-order valence-electron chi connectivity index (χ4n) is 4.39. The van der Waals surface area contributed by atoms with Crippen LogP contribution in [-0.2, 0) is 6.54 Å². The molecule has 1 fully saturated rings. The normalized spacial score (nSPS) is 16.0. The number of ether oxygens (including phenoxy) is 2. The van der Waals surface area contributed by atoms with E-state index in [1.165, 1.54) is 32.1 Å². The zero-order valence-electron chi connectivity index (χ0n) is 19.9. The van der Waals surface area contributed by atoms with E-state index < -0.39 is 11.7 Å². The Bertz CT molecular complexity index is 693. The number of hydrogen-bond acceptors (Lipinski definition) is 6. The second-order valence-electron chi connectivity index (χ2n) is 8.99. The number of hydrogen-bond donors (Lipinski definition) is 3. The molecule has 1 unspecified atom stereocenters. The molecule has 32 heavy (non-hydrogen) atoms. The van der Waals surface area contributed by atoms with Crippen molar-refractivity contribution >= 4 is 0 Å². The first-order valence-electron chi connectivity index (χ1n) is 11.7. The van der Waals surface area contributed by atoms with Crippen LogP contribution in [-0.4, -0.2) is 66.7 Å². The number of methoxy groups -OCH3 is 1. The van der Waals surface area contributed by atoms with Crippen LogP contribution in [0.1, 0.15) is 50.5 Å². The third kappa shape index (κ3) is 8.58. The molecule has 180 valence electrons. The predicted octanol–water partition coefficient (Wildman–Crippen LogP) is 3.67. The average molecular weight is 447 g/mol. The molecule has 1 aromatic rings. The van der Waals surface area contributed by atoms with Gasteiger partial charge >= 0.3 is 0 Å². The van der Waals surface area contributed by atoms with Crippen LogP contribution in [0.4, 0.5) is 0 Å². The molecule has 1 atom stereocenters. The summed E-state index contributed by atoms with van der Waals surface area (Å²) >= 11 is 0. The second kappa shape index (κ2) is 13.6. The molecule has 0 aliphatic heterocycles. The molecule has 1 aromatic carbocycles. The Labute approximate surface area is 193 Å². The summed E-state index contributed by atoms with van der Waals surface area (Å²) in [6, 6.07) is 6.32. The van der Waals surface area contributed by atoms with Crippen LogP contribution >= 0.6 is 0 Å². The summed E-state index contributed by atoms with van der Waals surface area (Å²) in [5, 5.41) is 24.4. The topological polar surface area (TPSA) is 74.2 Å². The van der Waals surface area contributed by atoms with Gasteiger partial charge in [-0.1, -0.05) is 37.5 Å². The van der Waals surface area contributed by atoms with E-state index in [1.54, 1.807) is 19.3 Å². The van der Waals surface area contributed by atoms with Gasteiger partial charge in [-0.2, -0.15) is 0 Å². The highest BCUT2D eigenvalue weighted by atomic mass is 16.5. The molecule has 0 saturated heterocycles. The molecule has 1 aliphatic rings. The molecular weight excluding hydrogens is 404 g/mol. The summed E-state index contributed by atoms with van der Waals surface area (Å²) in [5.74, 6) is 1.25. The van der Waals surface area contributed by atoms with Crippen molar-refractivity contribution in [1.82, 2.24) is 10.2 Å². The standard InChI is InChI=1S/C26H42N2O4/c1-5-14-26(30,15-6-2)20-27-17-21-12-13-24(25(16-21)31-4)32-19-23(29)18-28(3)22-10-8-7-9-11-22/h5-6,12-13,16,22-23,27,29-30H,1-2,7-11,14-15,17-20H2,3-4H3. The quantitative estimate of drug-likeness (QED) is 0.357. The molecule has 0 amide bonds. The van der Waals surface area contributed by atoms with E-state index in [-0.39, 0.29) is 6.61 Å². The molecule has 6 nitrogen and oxygen atoms in total. The monoisotopic (exact) mass is 446 g/mol. The Balaban J connectivity index is 1.84. The number of aliphatic hydroxyl groups excluding tert-OH is 1.